The van der Waals surface area contributed by atoms with Gasteiger partial charge in [0.05, 0.1) is 5.02 Å². The Bertz CT molecular complexity index is 498. The SMILES string of the molecule is O=C(O)c1snc(-c2cccnc2)c1Cl. The number of carboxylic acids is 1. The van der Waals surface area contributed by atoms with Crippen molar-refractivity contribution in [1.29, 1.82) is 0 Å². The molecule has 0 radical (unpaired) electrons. The number of carboxylic acid groups (broad SMARTS) is 1. The number of carbonyl (C=O) groups is 1. The van der Waals surface area contributed by atoms with E-state index in [9.17, 15) is 4.79 Å². The van der Waals surface area contributed by atoms with Crippen LogP contribution in [0.3, 0.4) is 0 Å². The Labute approximate surface area is 94.3 Å². The topological polar surface area (TPSA) is 63.1 Å². The maximum atomic E-state index is 10.7. The van der Waals surface area contributed by atoms with E-state index in [-0.39, 0.29) is 9.90 Å². The van der Waals surface area contributed by atoms with Crippen LogP contribution in [0.15, 0.2) is 24.5 Å². The van der Waals surface area contributed by atoms with E-state index in [1.165, 1.54) is 0 Å². The average molecular weight is 241 g/mol. The number of aromatic nitrogens is 2. The maximum Gasteiger partial charge on any atom is 0.349 e. The Balaban J connectivity index is 2.52. The van der Waals surface area contributed by atoms with E-state index < -0.39 is 5.97 Å². The second-order valence-corrected chi connectivity index (χ2v) is 3.87. The molecule has 2 aromatic rings. The van der Waals surface area contributed by atoms with Crippen LogP contribution >= 0.6 is 23.1 Å². The van der Waals surface area contributed by atoms with Crippen molar-refractivity contribution in [3.8, 4) is 11.3 Å². The first kappa shape index (κ1) is 10.1. The molecule has 0 saturated carbocycles. The molecule has 1 N–H and O–H groups in total. The van der Waals surface area contributed by atoms with Gasteiger partial charge >= 0.3 is 5.97 Å². The second-order valence-electron chi connectivity index (χ2n) is 2.72. The molecule has 0 aliphatic carbocycles. The smallest absolute Gasteiger partial charge is 0.349 e. The summed E-state index contributed by atoms with van der Waals surface area (Å²) in [6.07, 6.45) is 3.22. The summed E-state index contributed by atoms with van der Waals surface area (Å²) in [4.78, 5) is 14.7. The predicted octanol–water partition coefficient (Wildman–Crippen LogP) is 2.56. The van der Waals surface area contributed by atoms with Gasteiger partial charge in [0.2, 0.25) is 0 Å². The standard InChI is InChI=1S/C9H5ClN2O2S/c10-6-7(5-2-1-3-11-4-5)12-15-8(6)9(13)14/h1-4H,(H,13,14). The van der Waals surface area contributed by atoms with Gasteiger partial charge in [0, 0.05) is 18.0 Å². The maximum absolute atomic E-state index is 10.7. The third-order valence-electron chi connectivity index (χ3n) is 1.76. The zero-order chi connectivity index (χ0) is 10.8. The average Bonchev–Trinajstić information content (AvgIpc) is 2.61. The van der Waals surface area contributed by atoms with E-state index in [2.05, 4.69) is 9.36 Å². The molecule has 0 saturated heterocycles. The molecule has 0 aliphatic heterocycles. The fourth-order valence-corrected chi connectivity index (χ4v) is 2.11. The predicted molar refractivity (Wildman–Crippen MR) is 57.3 cm³/mol. The Hall–Kier alpha value is -1.46. The van der Waals surface area contributed by atoms with Crippen LogP contribution in [-0.4, -0.2) is 20.4 Å². The summed E-state index contributed by atoms with van der Waals surface area (Å²) in [5, 5.41) is 8.96. The van der Waals surface area contributed by atoms with Crippen LogP contribution in [0.4, 0.5) is 0 Å². The number of hydrogen-bond acceptors (Lipinski definition) is 4. The molecule has 0 spiro atoms. The normalized spacial score (nSPS) is 10.2. The van der Waals surface area contributed by atoms with Gasteiger partial charge in [-0.05, 0) is 23.7 Å². The highest BCUT2D eigenvalue weighted by Gasteiger charge is 2.18. The number of aromatic carboxylic acids is 1. The van der Waals surface area contributed by atoms with Gasteiger partial charge in [-0.15, -0.1) is 0 Å². The van der Waals surface area contributed by atoms with Crippen LogP contribution in [0, 0.1) is 0 Å². The van der Waals surface area contributed by atoms with Crippen molar-refractivity contribution in [3.05, 3.63) is 34.4 Å². The van der Waals surface area contributed by atoms with Crippen molar-refractivity contribution < 1.29 is 9.90 Å². The summed E-state index contributed by atoms with van der Waals surface area (Å²) in [6, 6.07) is 3.52. The van der Waals surface area contributed by atoms with Crippen molar-refractivity contribution in [2.24, 2.45) is 0 Å². The Morgan fingerprint density at radius 1 is 1.53 bits per heavy atom. The molecule has 6 heteroatoms. The van der Waals surface area contributed by atoms with Crippen molar-refractivity contribution in [2.75, 3.05) is 0 Å². The zero-order valence-corrected chi connectivity index (χ0v) is 8.92. The van der Waals surface area contributed by atoms with E-state index in [1.807, 2.05) is 0 Å². The zero-order valence-electron chi connectivity index (χ0n) is 7.35. The van der Waals surface area contributed by atoms with E-state index in [1.54, 1.807) is 24.5 Å². The quantitative estimate of drug-likeness (QED) is 0.876. The number of rotatable bonds is 2. The summed E-state index contributed by atoms with van der Waals surface area (Å²) in [7, 11) is 0. The van der Waals surface area contributed by atoms with Crippen LogP contribution in [-0.2, 0) is 0 Å². The minimum atomic E-state index is -1.06. The van der Waals surface area contributed by atoms with Crippen LogP contribution in [0.5, 0.6) is 0 Å². The van der Waals surface area contributed by atoms with Crippen molar-refractivity contribution in [1.82, 2.24) is 9.36 Å². The Morgan fingerprint density at radius 3 is 2.87 bits per heavy atom. The molecule has 0 unspecified atom stereocenters. The van der Waals surface area contributed by atoms with Crippen LogP contribution in [0.25, 0.3) is 11.3 Å². The van der Waals surface area contributed by atoms with Crippen LogP contribution < -0.4 is 0 Å². The van der Waals surface area contributed by atoms with Crippen LogP contribution in [0.1, 0.15) is 9.67 Å². The first-order valence-electron chi connectivity index (χ1n) is 3.99. The molecule has 0 aliphatic rings. The minimum absolute atomic E-state index is 0.0514. The van der Waals surface area contributed by atoms with Gasteiger partial charge < -0.3 is 5.11 Å². The lowest BCUT2D eigenvalue weighted by Gasteiger charge is -1.95. The fraction of sp³-hybridized carbons (Fsp3) is 0. The summed E-state index contributed by atoms with van der Waals surface area (Å²) in [6.45, 7) is 0. The van der Waals surface area contributed by atoms with E-state index in [0.717, 1.165) is 11.5 Å². The number of hydrogen-bond donors (Lipinski definition) is 1. The molecular weight excluding hydrogens is 236 g/mol. The highest BCUT2D eigenvalue weighted by Crippen LogP contribution is 2.32. The first-order chi connectivity index (χ1) is 7.20. The van der Waals surface area contributed by atoms with Crippen molar-refractivity contribution in [3.63, 3.8) is 0 Å². The minimum Gasteiger partial charge on any atom is -0.477 e. The van der Waals surface area contributed by atoms with Gasteiger partial charge in [0.15, 0.2) is 4.88 Å². The lowest BCUT2D eigenvalue weighted by molar-refractivity contribution is 0.0702. The highest BCUT2D eigenvalue weighted by molar-refractivity contribution is 7.09. The van der Waals surface area contributed by atoms with Gasteiger partial charge in [-0.25, -0.2) is 4.79 Å². The molecule has 76 valence electrons. The summed E-state index contributed by atoms with van der Waals surface area (Å²) < 4.78 is 4.00. The second kappa shape index (κ2) is 3.96. The monoisotopic (exact) mass is 240 g/mol. The summed E-state index contributed by atoms with van der Waals surface area (Å²) in [5.41, 5.74) is 1.18. The lowest BCUT2D eigenvalue weighted by atomic mass is 10.2. The molecule has 0 atom stereocenters. The first-order valence-corrected chi connectivity index (χ1v) is 5.14. The molecule has 0 fully saturated rings. The summed E-state index contributed by atoms with van der Waals surface area (Å²) in [5.74, 6) is -1.06. The number of nitrogens with zero attached hydrogens (tertiary/aromatic N) is 2. The molecule has 0 bridgehead atoms. The highest BCUT2D eigenvalue weighted by atomic mass is 35.5. The molecule has 2 rings (SSSR count). The van der Waals surface area contributed by atoms with E-state index >= 15 is 0 Å². The van der Waals surface area contributed by atoms with Gasteiger partial charge in [-0.3, -0.25) is 4.98 Å². The fourth-order valence-electron chi connectivity index (χ4n) is 1.09. The van der Waals surface area contributed by atoms with Gasteiger partial charge in [-0.2, -0.15) is 4.37 Å². The largest absolute Gasteiger partial charge is 0.477 e. The van der Waals surface area contributed by atoms with E-state index in [0.29, 0.717) is 11.3 Å². The molecule has 2 heterocycles. The Kier molecular flexibility index (Phi) is 2.66. The molecule has 0 amide bonds. The molecule has 15 heavy (non-hydrogen) atoms. The van der Waals surface area contributed by atoms with Gasteiger partial charge in [0.25, 0.3) is 0 Å². The third kappa shape index (κ3) is 1.84. The molecule has 0 aromatic carbocycles. The summed E-state index contributed by atoms with van der Waals surface area (Å²) >= 11 is 6.76. The van der Waals surface area contributed by atoms with Crippen molar-refractivity contribution in [2.45, 2.75) is 0 Å². The lowest BCUT2D eigenvalue weighted by Crippen LogP contribution is -1.92. The number of halogens is 1. The van der Waals surface area contributed by atoms with Gasteiger partial charge in [0.1, 0.15) is 5.69 Å². The molecule has 2 aromatic heterocycles. The molecule has 4 nitrogen and oxygen atoms in total. The van der Waals surface area contributed by atoms with Gasteiger partial charge in [-0.1, -0.05) is 11.6 Å². The van der Waals surface area contributed by atoms with Crippen molar-refractivity contribution >= 4 is 29.1 Å². The number of pyridine rings is 1. The third-order valence-corrected chi connectivity index (χ3v) is 3.08. The van der Waals surface area contributed by atoms with E-state index in [4.69, 9.17) is 16.7 Å². The van der Waals surface area contributed by atoms with Crippen LogP contribution in [0.2, 0.25) is 5.02 Å². The molecular formula is C9H5ClN2O2S. The Morgan fingerprint density at radius 2 is 2.33 bits per heavy atom.